The summed E-state index contributed by atoms with van der Waals surface area (Å²) in [7, 11) is 0. The molecule has 7 nitrogen and oxygen atoms in total. The van der Waals surface area contributed by atoms with Crippen molar-refractivity contribution in [3.63, 3.8) is 0 Å². The molecule has 1 aliphatic heterocycles. The Balaban J connectivity index is 1.56. The van der Waals surface area contributed by atoms with Crippen molar-refractivity contribution in [3.8, 4) is 0 Å². The lowest BCUT2D eigenvalue weighted by atomic mass is 10.2. The average molecular weight is 354 g/mol. The van der Waals surface area contributed by atoms with Crippen LogP contribution in [0.3, 0.4) is 0 Å². The Morgan fingerprint density at radius 1 is 1.04 bits per heavy atom. The second-order valence-corrected chi connectivity index (χ2v) is 6.37. The van der Waals surface area contributed by atoms with Gasteiger partial charge in [0.2, 0.25) is 5.95 Å². The number of hydrogen-bond acceptors (Lipinski definition) is 6. The van der Waals surface area contributed by atoms with E-state index in [-0.39, 0.29) is 5.91 Å². The fourth-order valence-corrected chi connectivity index (χ4v) is 2.97. The lowest BCUT2D eigenvalue weighted by Gasteiger charge is -2.35. The molecule has 3 heterocycles. The van der Waals surface area contributed by atoms with Crippen LogP contribution in [0.5, 0.6) is 0 Å². The molecule has 0 radical (unpaired) electrons. The number of carbonyl (C=O) groups is 1. The topological polar surface area (TPSA) is 74.2 Å². The van der Waals surface area contributed by atoms with E-state index in [0.29, 0.717) is 18.2 Å². The molecule has 1 fully saturated rings. The Kier molecular flexibility index (Phi) is 6.35. The molecule has 2 aromatic heterocycles. The maximum atomic E-state index is 12.2. The number of nitrogens with zero attached hydrogens (tertiary/aromatic N) is 5. The van der Waals surface area contributed by atoms with Crippen molar-refractivity contribution >= 4 is 17.7 Å². The molecule has 1 saturated heterocycles. The molecule has 26 heavy (non-hydrogen) atoms. The van der Waals surface area contributed by atoms with Gasteiger partial charge >= 0.3 is 0 Å². The predicted molar refractivity (Wildman–Crippen MR) is 103 cm³/mol. The molecule has 0 spiro atoms. The normalized spacial score (nSPS) is 14.3. The van der Waals surface area contributed by atoms with Crippen LogP contribution in [0.4, 0.5) is 11.8 Å². The molecule has 1 N–H and O–H groups in total. The van der Waals surface area contributed by atoms with Gasteiger partial charge in [-0.25, -0.2) is 15.0 Å². The minimum atomic E-state index is -0.128. The molecule has 0 bridgehead atoms. The smallest absolute Gasteiger partial charge is 0.270 e. The summed E-state index contributed by atoms with van der Waals surface area (Å²) in [6.45, 7) is 6.15. The van der Waals surface area contributed by atoms with Crippen LogP contribution in [0.2, 0.25) is 0 Å². The molecule has 0 unspecified atom stereocenters. The van der Waals surface area contributed by atoms with E-state index < -0.39 is 0 Å². The molecule has 0 aliphatic carbocycles. The fraction of sp³-hybridized carbons (Fsp3) is 0.474. The van der Waals surface area contributed by atoms with Gasteiger partial charge in [-0.05, 0) is 24.6 Å². The summed E-state index contributed by atoms with van der Waals surface area (Å²) < 4.78 is 0. The number of aromatic nitrogens is 3. The first kappa shape index (κ1) is 18.1. The Morgan fingerprint density at radius 3 is 2.58 bits per heavy atom. The van der Waals surface area contributed by atoms with Crippen molar-refractivity contribution in [2.75, 3.05) is 42.5 Å². The van der Waals surface area contributed by atoms with Gasteiger partial charge in [0.15, 0.2) is 0 Å². The third-order valence-electron chi connectivity index (χ3n) is 4.48. The Morgan fingerprint density at radius 2 is 1.85 bits per heavy atom. The number of carbonyl (C=O) groups excluding carboxylic acids is 1. The largest absolute Gasteiger partial charge is 0.353 e. The standard InChI is InChI=1S/C19H26N6O/c1-2-3-5-10-21-18(26)16-8-11-22-19(23-16)25-14-12-24(13-15-25)17-7-4-6-9-20-17/h4,6-9,11H,2-3,5,10,12-15H2,1H3,(H,21,26). The maximum Gasteiger partial charge on any atom is 0.270 e. The van der Waals surface area contributed by atoms with Crippen molar-refractivity contribution < 1.29 is 4.79 Å². The van der Waals surface area contributed by atoms with Crippen molar-refractivity contribution in [2.45, 2.75) is 26.2 Å². The van der Waals surface area contributed by atoms with Crippen molar-refractivity contribution in [1.82, 2.24) is 20.3 Å². The van der Waals surface area contributed by atoms with Gasteiger partial charge in [0, 0.05) is 45.1 Å². The average Bonchev–Trinajstić information content (AvgIpc) is 2.72. The first-order valence-electron chi connectivity index (χ1n) is 9.30. The Bertz CT molecular complexity index is 700. The zero-order chi connectivity index (χ0) is 18.2. The first-order chi connectivity index (χ1) is 12.8. The molecule has 138 valence electrons. The summed E-state index contributed by atoms with van der Waals surface area (Å²) in [6.07, 6.45) is 6.73. The fourth-order valence-electron chi connectivity index (χ4n) is 2.97. The number of piperazine rings is 1. The molecule has 0 saturated carbocycles. The van der Waals surface area contributed by atoms with Crippen LogP contribution in [-0.2, 0) is 0 Å². The van der Waals surface area contributed by atoms with Gasteiger partial charge in [-0.15, -0.1) is 0 Å². The highest BCUT2D eigenvalue weighted by Gasteiger charge is 2.20. The number of nitrogens with one attached hydrogen (secondary N) is 1. The van der Waals surface area contributed by atoms with E-state index in [1.165, 1.54) is 0 Å². The summed E-state index contributed by atoms with van der Waals surface area (Å²) in [5, 5.41) is 2.93. The number of rotatable bonds is 7. The van der Waals surface area contributed by atoms with Crippen molar-refractivity contribution in [2.24, 2.45) is 0 Å². The third kappa shape index (κ3) is 4.68. The van der Waals surface area contributed by atoms with E-state index in [0.717, 1.165) is 51.3 Å². The van der Waals surface area contributed by atoms with Crippen LogP contribution in [-0.4, -0.2) is 53.6 Å². The molecule has 7 heteroatoms. The summed E-state index contributed by atoms with van der Waals surface area (Å²) in [5.41, 5.74) is 0.429. The van der Waals surface area contributed by atoms with E-state index in [4.69, 9.17) is 0 Å². The first-order valence-corrected chi connectivity index (χ1v) is 9.30. The lowest BCUT2D eigenvalue weighted by Crippen LogP contribution is -2.47. The highest BCUT2D eigenvalue weighted by atomic mass is 16.1. The quantitative estimate of drug-likeness (QED) is 0.768. The highest BCUT2D eigenvalue weighted by Crippen LogP contribution is 2.16. The van der Waals surface area contributed by atoms with Crippen LogP contribution < -0.4 is 15.1 Å². The zero-order valence-electron chi connectivity index (χ0n) is 15.3. The summed E-state index contributed by atoms with van der Waals surface area (Å²) in [6, 6.07) is 7.62. The molecule has 1 amide bonds. The maximum absolute atomic E-state index is 12.2. The van der Waals surface area contributed by atoms with Crippen LogP contribution >= 0.6 is 0 Å². The monoisotopic (exact) mass is 354 g/mol. The lowest BCUT2D eigenvalue weighted by molar-refractivity contribution is 0.0948. The minimum absolute atomic E-state index is 0.128. The Hall–Kier alpha value is -2.70. The Labute approximate surface area is 154 Å². The second kappa shape index (κ2) is 9.12. The SMILES string of the molecule is CCCCCNC(=O)c1ccnc(N2CCN(c3ccccn3)CC2)n1. The van der Waals surface area contributed by atoms with E-state index >= 15 is 0 Å². The zero-order valence-corrected chi connectivity index (χ0v) is 15.3. The van der Waals surface area contributed by atoms with E-state index in [2.05, 4.69) is 37.0 Å². The molecule has 2 aromatic rings. The van der Waals surface area contributed by atoms with Crippen LogP contribution in [0, 0.1) is 0 Å². The van der Waals surface area contributed by atoms with Gasteiger partial charge in [-0.1, -0.05) is 25.8 Å². The molecule has 1 aliphatic rings. The van der Waals surface area contributed by atoms with Gasteiger partial charge < -0.3 is 15.1 Å². The minimum Gasteiger partial charge on any atom is -0.353 e. The molecule has 0 aromatic carbocycles. The number of pyridine rings is 1. The number of hydrogen-bond donors (Lipinski definition) is 1. The summed E-state index contributed by atoms with van der Waals surface area (Å²) >= 11 is 0. The third-order valence-corrected chi connectivity index (χ3v) is 4.48. The van der Waals surface area contributed by atoms with Crippen LogP contribution in [0.1, 0.15) is 36.7 Å². The van der Waals surface area contributed by atoms with Crippen LogP contribution in [0.25, 0.3) is 0 Å². The molecular weight excluding hydrogens is 328 g/mol. The van der Waals surface area contributed by atoms with Gasteiger partial charge in [0.05, 0.1) is 0 Å². The van der Waals surface area contributed by atoms with Gasteiger partial charge in [0.25, 0.3) is 5.91 Å². The predicted octanol–water partition coefficient (Wildman–Crippen LogP) is 2.12. The van der Waals surface area contributed by atoms with E-state index in [9.17, 15) is 4.79 Å². The molecular formula is C19H26N6O. The molecule has 0 atom stereocenters. The highest BCUT2D eigenvalue weighted by molar-refractivity contribution is 5.92. The number of amides is 1. The van der Waals surface area contributed by atoms with Gasteiger partial charge in [-0.2, -0.15) is 0 Å². The number of unbranched alkanes of at least 4 members (excludes halogenated alkanes) is 2. The second-order valence-electron chi connectivity index (χ2n) is 6.37. The van der Waals surface area contributed by atoms with Gasteiger partial charge in [0.1, 0.15) is 11.5 Å². The van der Waals surface area contributed by atoms with Crippen molar-refractivity contribution in [3.05, 3.63) is 42.4 Å². The molecule has 3 rings (SSSR count). The van der Waals surface area contributed by atoms with E-state index in [1.54, 1.807) is 12.3 Å². The van der Waals surface area contributed by atoms with Gasteiger partial charge in [-0.3, -0.25) is 4.79 Å². The van der Waals surface area contributed by atoms with Crippen molar-refractivity contribution in [1.29, 1.82) is 0 Å². The van der Waals surface area contributed by atoms with E-state index in [1.807, 2.05) is 24.4 Å². The summed E-state index contributed by atoms with van der Waals surface area (Å²) in [5.74, 6) is 1.48. The number of anilines is 2. The van der Waals surface area contributed by atoms with Crippen LogP contribution in [0.15, 0.2) is 36.7 Å². The summed E-state index contributed by atoms with van der Waals surface area (Å²) in [4.78, 5) is 29.8.